The molecule has 5 nitrogen and oxygen atoms in total. The second kappa shape index (κ2) is 7.05. The predicted molar refractivity (Wildman–Crippen MR) is 89.0 cm³/mol. The lowest BCUT2D eigenvalue weighted by Gasteiger charge is -2.23. The van der Waals surface area contributed by atoms with Crippen LogP contribution in [0.4, 0.5) is 0 Å². The van der Waals surface area contributed by atoms with Crippen molar-refractivity contribution in [2.24, 2.45) is 0 Å². The van der Waals surface area contributed by atoms with E-state index in [2.05, 4.69) is 6.07 Å². The molecule has 1 heterocycles. The summed E-state index contributed by atoms with van der Waals surface area (Å²) in [4.78, 5) is 14.4. The van der Waals surface area contributed by atoms with E-state index in [0.29, 0.717) is 43.2 Å². The lowest BCUT2D eigenvalue weighted by atomic mass is 10.1. The Hall–Kier alpha value is -3.00. The molecule has 5 heteroatoms. The maximum atomic E-state index is 12.7. The van der Waals surface area contributed by atoms with E-state index in [9.17, 15) is 4.79 Å². The Morgan fingerprint density at radius 1 is 1.17 bits per heavy atom. The van der Waals surface area contributed by atoms with Crippen LogP contribution in [0.25, 0.3) is 0 Å². The van der Waals surface area contributed by atoms with Crippen molar-refractivity contribution in [1.82, 2.24) is 4.90 Å². The van der Waals surface area contributed by atoms with Gasteiger partial charge in [-0.2, -0.15) is 5.26 Å². The third-order valence-corrected chi connectivity index (χ3v) is 3.89. The third kappa shape index (κ3) is 3.33. The van der Waals surface area contributed by atoms with Crippen LogP contribution in [-0.2, 0) is 6.54 Å². The summed E-state index contributed by atoms with van der Waals surface area (Å²) >= 11 is 0. The van der Waals surface area contributed by atoms with Crippen molar-refractivity contribution in [1.29, 1.82) is 5.26 Å². The van der Waals surface area contributed by atoms with Gasteiger partial charge in [-0.15, -0.1) is 0 Å². The van der Waals surface area contributed by atoms with Gasteiger partial charge in [-0.3, -0.25) is 4.79 Å². The smallest absolute Gasteiger partial charge is 0.254 e. The molecule has 2 aromatic rings. The molecule has 1 aliphatic rings. The molecule has 122 valence electrons. The fourth-order valence-electron chi connectivity index (χ4n) is 2.64. The average molecular weight is 322 g/mol. The third-order valence-electron chi connectivity index (χ3n) is 3.89. The standard InChI is InChI=1S/C19H18N2O3/c1-2-21(19(22)16-5-3-4-14(10-16)12-20)13-15-6-7-17-18(11-15)24-9-8-23-17/h3-7,10-11H,2,8-9,13H2,1H3. The maximum absolute atomic E-state index is 12.7. The number of amides is 1. The highest BCUT2D eigenvalue weighted by Gasteiger charge is 2.17. The van der Waals surface area contributed by atoms with E-state index in [1.165, 1.54) is 0 Å². The van der Waals surface area contributed by atoms with Gasteiger partial charge in [-0.1, -0.05) is 12.1 Å². The highest BCUT2D eigenvalue weighted by molar-refractivity contribution is 5.94. The van der Waals surface area contributed by atoms with Crippen LogP contribution in [-0.4, -0.2) is 30.6 Å². The number of carbonyl (C=O) groups excluding carboxylic acids is 1. The molecule has 3 rings (SSSR count). The van der Waals surface area contributed by atoms with E-state index >= 15 is 0 Å². The van der Waals surface area contributed by atoms with E-state index in [4.69, 9.17) is 14.7 Å². The van der Waals surface area contributed by atoms with Gasteiger partial charge >= 0.3 is 0 Å². The highest BCUT2D eigenvalue weighted by Crippen LogP contribution is 2.31. The van der Waals surface area contributed by atoms with Crippen molar-refractivity contribution >= 4 is 5.91 Å². The van der Waals surface area contributed by atoms with Gasteiger partial charge < -0.3 is 14.4 Å². The molecule has 0 N–H and O–H groups in total. The van der Waals surface area contributed by atoms with Crippen LogP contribution in [0.5, 0.6) is 11.5 Å². The molecule has 24 heavy (non-hydrogen) atoms. The lowest BCUT2D eigenvalue weighted by molar-refractivity contribution is 0.0752. The normalized spacial score (nSPS) is 12.3. The second-order valence-electron chi connectivity index (χ2n) is 5.49. The molecule has 1 amide bonds. The lowest BCUT2D eigenvalue weighted by Crippen LogP contribution is -2.30. The number of hydrogen-bond donors (Lipinski definition) is 0. The Bertz CT molecular complexity index is 795. The summed E-state index contributed by atoms with van der Waals surface area (Å²) < 4.78 is 11.1. The summed E-state index contributed by atoms with van der Waals surface area (Å²) in [5.74, 6) is 1.36. The van der Waals surface area contributed by atoms with Gasteiger partial charge in [0.1, 0.15) is 13.2 Å². The fraction of sp³-hybridized carbons (Fsp3) is 0.263. The van der Waals surface area contributed by atoms with Crippen LogP contribution in [0.3, 0.4) is 0 Å². The van der Waals surface area contributed by atoms with Crippen LogP contribution in [0.2, 0.25) is 0 Å². The van der Waals surface area contributed by atoms with Gasteiger partial charge in [0.05, 0.1) is 11.6 Å². The number of rotatable bonds is 4. The zero-order valence-corrected chi connectivity index (χ0v) is 13.5. The van der Waals surface area contributed by atoms with E-state index in [-0.39, 0.29) is 5.91 Å². The number of nitrogens with zero attached hydrogens (tertiary/aromatic N) is 2. The second-order valence-corrected chi connectivity index (χ2v) is 5.49. The Balaban J connectivity index is 1.79. The van der Waals surface area contributed by atoms with Crippen molar-refractivity contribution in [2.45, 2.75) is 13.5 Å². The van der Waals surface area contributed by atoms with Crippen LogP contribution in [0.15, 0.2) is 42.5 Å². The molecule has 0 unspecified atom stereocenters. The highest BCUT2D eigenvalue weighted by atomic mass is 16.6. The first-order valence-corrected chi connectivity index (χ1v) is 7.89. The van der Waals surface area contributed by atoms with Crippen LogP contribution >= 0.6 is 0 Å². The van der Waals surface area contributed by atoms with Crippen LogP contribution in [0, 0.1) is 11.3 Å². The number of fused-ring (bicyclic) bond motifs is 1. The van der Waals surface area contributed by atoms with Crippen molar-refractivity contribution in [3.8, 4) is 17.6 Å². The maximum Gasteiger partial charge on any atom is 0.254 e. The molecule has 0 bridgehead atoms. The summed E-state index contributed by atoms with van der Waals surface area (Å²) in [5.41, 5.74) is 1.98. The molecule has 0 atom stereocenters. The zero-order chi connectivity index (χ0) is 16.9. The molecule has 0 aliphatic carbocycles. The summed E-state index contributed by atoms with van der Waals surface area (Å²) in [6.07, 6.45) is 0. The Labute approximate surface area is 141 Å². The van der Waals surface area contributed by atoms with Crippen molar-refractivity contribution < 1.29 is 14.3 Å². The minimum atomic E-state index is -0.0931. The molecule has 0 saturated carbocycles. The minimum Gasteiger partial charge on any atom is -0.486 e. The summed E-state index contributed by atoms with van der Waals surface area (Å²) in [7, 11) is 0. The summed E-state index contributed by atoms with van der Waals surface area (Å²) in [6, 6.07) is 14.6. The predicted octanol–water partition coefficient (Wildman–Crippen LogP) is 2.99. The number of nitriles is 1. The SMILES string of the molecule is CCN(Cc1ccc2c(c1)OCCO2)C(=O)c1cccc(C#N)c1. The average Bonchev–Trinajstić information content (AvgIpc) is 2.65. The molecule has 0 fully saturated rings. The number of hydrogen-bond acceptors (Lipinski definition) is 4. The first-order valence-electron chi connectivity index (χ1n) is 7.89. The number of benzene rings is 2. The molecule has 0 aromatic heterocycles. The summed E-state index contributed by atoms with van der Waals surface area (Å²) in [6.45, 7) is 4.08. The number of carbonyl (C=O) groups is 1. The van der Waals surface area contributed by atoms with E-state index < -0.39 is 0 Å². The quantitative estimate of drug-likeness (QED) is 0.868. The van der Waals surface area contributed by atoms with Gasteiger partial charge in [0.2, 0.25) is 0 Å². The fourth-order valence-corrected chi connectivity index (χ4v) is 2.64. The Kier molecular flexibility index (Phi) is 4.66. The van der Waals surface area contributed by atoms with Gasteiger partial charge in [-0.25, -0.2) is 0 Å². The van der Waals surface area contributed by atoms with Crippen molar-refractivity contribution in [2.75, 3.05) is 19.8 Å². The van der Waals surface area contributed by atoms with Crippen LogP contribution in [0.1, 0.15) is 28.4 Å². The van der Waals surface area contributed by atoms with E-state index in [0.717, 1.165) is 11.3 Å². The molecular weight excluding hydrogens is 304 g/mol. The van der Waals surface area contributed by atoms with Gasteiger partial charge in [0.25, 0.3) is 5.91 Å². The monoisotopic (exact) mass is 322 g/mol. The van der Waals surface area contributed by atoms with Gasteiger partial charge in [0, 0.05) is 18.7 Å². The number of ether oxygens (including phenoxy) is 2. The van der Waals surface area contributed by atoms with Crippen LogP contribution < -0.4 is 9.47 Å². The Morgan fingerprint density at radius 3 is 2.71 bits per heavy atom. The van der Waals surface area contributed by atoms with Crippen molar-refractivity contribution in [3.63, 3.8) is 0 Å². The molecule has 1 aliphatic heterocycles. The van der Waals surface area contributed by atoms with Crippen molar-refractivity contribution in [3.05, 3.63) is 59.2 Å². The summed E-state index contributed by atoms with van der Waals surface area (Å²) in [5, 5.41) is 8.99. The van der Waals surface area contributed by atoms with E-state index in [1.54, 1.807) is 29.2 Å². The zero-order valence-electron chi connectivity index (χ0n) is 13.5. The molecule has 2 aromatic carbocycles. The van der Waals surface area contributed by atoms with Gasteiger partial charge in [-0.05, 0) is 42.8 Å². The minimum absolute atomic E-state index is 0.0931. The molecule has 0 radical (unpaired) electrons. The first kappa shape index (κ1) is 15.9. The Morgan fingerprint density at radius 2 is 1.96 bits per heavy atom. The van der Waals surface area contributed by atoms with Gasteiger partial charge in [0.15, 0.2) is 11.5 Å². The largest absolute Gasteiger partial charge is 0.486 e. The molecule has 0 saturated heterocycles. The van der Waals surface area contributed by atoms with E-state index in [1.807, 2.05) is 25.1 Å². The topological polar surface area (TPSA) is 62.6 Å². The first-order chi connectivity index (χ1) is 11.7. The molecular formula is C19H18N2O3. The molecule has 0 spiro atoms.